The van der Waals surface area contributed by atoms with Crippen LogP contribution in [0.1, 0.15) is 76.6 Å². The number of ketones is 1. The molecule has 1 aromatic carbocycles. The fourth-order valence-electron chi connectivity index (χ4n) is 4.75. The predicted molar refractivity (Wildman–Crippen MR) is 119 cm³/mol. The van der Waals surface area contributed by atoms with Gasteiger partial charge in [-0.15, -0.1) is 11.3 Å². The number of fused-ring (bicyclic) bond motifs is 1. The first-order chi connectivity index (χ1) is 14.8. The van der Waals surface area contributed by atoms with Crippen molar-refractivity contribution in [3.05, 3.63) is 23.0 Å². The van der Waals surface area contributed by atoms with Crippen LogP contribution in [0.15, 0.2) is 12.1 Å². The number of hydrogen-bond acceptors (Lipinski definition) is 6. The Kier molecular flexibility index (Phi) is 6.94. The van der Waals surface area contributed by atoms with Gasteiger partial charge >= 0.3 is 0 Å². The van der Waals surface area contributed by atoms with Crippen LogP contribution >= 0.6 is 11.3 Å². The average Bonchev–Trinajstić information content (AvgIpc) is 3.37. The van der Waals surface area contributed by atoms with E-state index in [1.54, 1.807) is 19.1 Å². The van der Waals surface area contributed by atoms with Crippen molar-refractivity contribution < 1.29 is 23.8 Å². The maximum Gasteiger partial charge on any atom is 0.184 e. The number of nitrogens with zero attached hydrogens (tertiary/aromatic N) is 1. The highest BCUT2D eigenvalue weighted by Gasteiger charge is 2.36. The van der Waals surface area contributed by atoms with E-state index in [1.165, 1.54) is 11.3 Å². The van der Waals surface area contributed by atoms with E-state index >= 15 is 4.39 Å². The molecule has 0 aliphatic heterocycles. The minimum Gasteiger partial charge on any atom is -0.487 e. The molecule has 7 heteroatoms. The van der Waals surface area contributed by atoms with Crippen LogP contribution < -0.4 is 4.74 Å². The molecule has 5 nitrogen and oxygen atoms in total. The van der Waals surface area contributed by atoms with Crippen molar-refractivity contribution in [2.45, 2.75) is 89.4 Å². The molecule has 0 amide bonds. The van der Waals surface area contributed by atoms with Crippen molar-refractivity contribution in [3.8, 4) is 5.75 Å². The van der Waals surface area contributed by atoms with E-state index in [0.717, 1.165) is 38.5 Å². The molecule has 31 heavy (non-hydrogen) atoms. The smallest absolute Gasteiger partial charge is 0.184 e. The summed E-state index contributed by atoms with van der Waals surface area (Å²) in [6, 6.07) is 3.45. The van der Waals surface area contributed by atoms with Gasteiger partial charge in [0.25, 0.3) is 0 Å². The first kappa shape index (κ1) is 22.6. The lowest BCUT2D eigenvalue weighted by Crippen LogP contribution is -2.29. The molecule has 170 valence electrons. The molecule has 2 aliphatic carbocycles. The summed E-state index contributed by atoms with van der Waals surface area (Å²) < 4.78 is 27.6. The largest absolute Gasteiger partial charge is 0.487 e. The van der Waals surface area contributed by atoms with Crippen LogP contribution in [-0.2, 0) is 15.1 Å². The number of aromatic nitrogens is 1. The number of rotatable bonds is 8. The summed E-state index contributed by atoms with van der Waals surface area (Å²) in [4.78, 5) is 15.7. The molecule has 1 aromatic heterocycles. The van der Waals surface area contributed by atoms with Gasteiger partial charge in [-0.3, -0.25) is 0 Å². The maximum atomic E-state index is 15.2. The number of benzene rings is 1. The zero-order chi connectivity index (χ0) is 22.0. The number of thiazole rings is 1. The normalized spacial score (nSPS) is 24.4. The second kappa shape index (κ2) is 9.51. The lowest BCUT2D eigenvalue weighted by Gasteiger charge is -2.29. The topological polar surface area (TPSA) is 68.7 Å². The lowest BCUT2D eigenvalue weighted by molar-refractivity contribution is -0.118. The third kappa shape index (κ3) is 5.26. The van der Waals surface area contributed by atoms with Crippen LogP contribution in [-0.4, -0.2) is 34.7 Å². The Hall–Kier alpha value is -1.57. The number of aliphatic hydroxyl groups is 1. The van der Waals surface area contributed by atoms with Crippen molar-refractivity contribution in [1.29, 1.82) is 0 Å². The Morgan fingerprint density at radius 3 is 2.61 bits per heavy atom. The van der Waals surface area contributed by atoms with Crippen LogP contribution in [0.25, 0.3) is 10.2 Å². The molecule has 2 fully saturated rings. The molecule has 0 spiro atoms. The molecule has 0 unspecified atom stereocenters. The molecule has 2 aliphatic rings. The van der Waals surface area contributed by atoms with Crippen molar-refractivity contribution in [2.75, 3.05) is 6.61 Å². The summed E-state index contributed by atoms with van der Waals surface area (Å²) >= 11 is 1.25. The number of hydrogen-bond donors (Lipinski definition) is 1. The molecular weight excluding hydrogens is 417 g/mol. The molecule has 2 saturated carbocycles. The Bertz CT molecular complexity index is 916. The Balaban J connectivity index is 1.34. The monoisotopic (exact) mass is 449 g/mol. The van der Waals surface area contributed by atoms with Gasteiger partial charge in [0.15, 0.2) is 11.6 Å². The van der Waals surface area contributed by atoms with E-state index in [4.69, 9.17) is 9.47 Å². The zero-order valence-electron chi connectivity index (χ0n) is 18.4. The minimum absolute atomic E-state index is 0.0344. The highest BCUT2D eigenvalue weighted by atomic mass is 32.1. The molecule has 1 N–H and O–H groups in total. The van der Waals surface area contributed by atoms with Crippen LogP contribution in [0.3, 0.4) is 0 Å². The third-order valence-corrected chi connectivity index (χ3v) is 7.71. The molecule has 0 bridgehead atoms. The van der Waals surface area contributed by atoms with Crippen molar-refractivity contribution in [2.24, 2.45) is 5.92 Å². The maximum absolute atomic E-state index is 15.2. The zero-order valence-corrected chi connectivity index (χ0v) is 19.2. The summed E-state index contributed by atoms with van der Waals surface area (Å²) in [5.74, 6) is 0.316. The van der Waals surface area contributed by atoms with E-state index in [2.05, 4.69) is 4.98 Å². The number of halogens is 1. The molecule has 0 saturated heterocycles. The number of carbonyl (C=O) groups is 1. The van der Waals surface area contributed by atoms with Gasteiger partial charge in [-0.25, -0.2) is 9.37 Å². The second-order valence-corrected chi connectivity index (χ2v) is 10.3. The summed E-state index contributed by atoms with van der Waals surface area (Å²) in [6.45, 7) is 4.24. The fraction of sp³-hybridized carbons (Fsp3) is 0.667. The van der Waals surface area contributed by atoms with Crippen molar-refractivity contribution in [3.63, 3.8) is 0 Å². The molecule has 2 aromatic rings. The van der Waals surface area contributed by atoms with E-state index in [9.17, 15) is 9.90 Å². The summed E-state index contributed by atoms with van der Waals surface area (Å²) in [7, 11) is 0. The van der Waals surface area contributed by atoms with Crippen molar-refractivity contribution >= 4 is 27.3 Å². The van der Waals surface area contributed by atoms with E-state index in [-0.39, 0.29) is 35.5 Å². The Morgan fingerprint density at radius 2 is 1.94 bits per heavy atom. The summed E-state index contributed by atoms with van der Waals surface area (Å²) in [5.41, 5.74) is -0.320. The van der Waals surface area contributed by atoms with Gasteiger partial charge in [0, 0.05) is 13.0 Å². The van der Waals surface area contributed by atoms with Gasteiger partial charge < -0.3 is 19.4 Å². The summed E-state index contributed by atoms with van der Waals surface area (Å²) in [5, 5.41) is 11.4. The minimum atomic E-state index is -0.905. The van der Waals surface area contributed by atoms with E-state index in [1.807, 2.05) is 6.92 Å². The Labute approximate surface area is 187 Å². The molecular formula is C24H32FNO4S. The van der Waals surface area contributed by atoms with Gasteiger partial charge in [0.05, 0.1) is 22.4 Å². The van der Waals surface area contributed by atoms with Gasteiger partial charge in [-0.2, -0.15) is 0 Å². The SMILES string of the molecule is CC(=O)C[C@@H](C)COC1CCC(Oc2ccc3nc(C4(O)CCCC4)sc3c2F)CC1. The van der Waals surface area contributed by atoms with Crippen LogP contribution in [0.4, 0.5) is 4.39 Å². The highest BCUT2D eigenvalue weighted by molar-refractivity contribution is 7.18. The molecule has 1 heterocycles. The third-order valence-electron chi connectivity index (χ3n) is 6.46. The fourth-order valence-corrected chi connectivity index (χ4v) is 5.89. The molecule has 0 radical (unpaired) electrons. The molecule has 4 rings (SSSR count). The quantitative estimate of drug-likeness (QED) is 0.575. The van der Waals surface area contributed by atoms with Gasteiger partial charge in [0.2, 0.25) is 0 Å². The Morgan fingerprint density at radius 1 is 1.26 bits per heavy atom. The van der Waals surface area contributed by atoms with Crippen LogP contribution in [0.5, 0.6) is 5.75 Å². The standard InChI is InChI=1S/C24H32FNO4S/c1-15(13-16(2)27)14-29-17-5-7-18(8-6-17)30-20-10-9-19-22(21(20)25)31-23(26-19)24(28)11-3-4-12-24/h9-10,15,17-18,28H,3-8,11-14H2,1-2H3/t15-,17?,18?/m1/s1. The summed E-state index contributed by atoms with van der Waals surface area (Å²) in [6.07, 6.45) is 7.41. The van der Waals surface area contributed by atoms with Gasteiger partial charge in [0.1, 0.15) is 16.4 Å². The number of Topliss-reactive ketones (excluding diaryl/α,β-unsaturated/α-hetero) is 1. The second-order valence-electron chi connectivity index (χ2n) is 9.34. The van der Waals surface area contributed by atoms with Crippen molar-refractivity contribution in [1.82, 2.24) is 4.98 Å². The number of ether oxygens (including phenoxy) is 2. The van der Waals surface area contributed by atoms with E-state index in [0.29, 0.717) is 41.1 Å². The average molecular weight is 450 g/mol. The lowest BCUT2D eigenvalue weighted by atomic mass is 9.94. The van der Waals surface area contributed by atoms with Gasteiger partial charge in [-0.1, -0.05) is 19.8 Å². The molecule has 1 atom stereocenters. The van der Waals surface area contributed by atoms with Gasteiger partial charge in [-0.05, 0) is 63.5 Å². The first-order valence-corrected chi connectivity index (χ1v) is 12.3. The highest BCUT2D eigenvalue weighted by Crippen LogP contribution is 2.43. The van der Waals surface area contributed by atoms with Crippen LogP contribution in [0, 0.1) is 11.7 Å². The van der Waals surface area contributed by atoms with Crippen LogP contribution in [0.2, 0.25) is 0 Å². The first-order valence-electron chi connectivity index (χ1n) is 11.4. The number of carbonyl (C=O) groups excluding carboxylic acids is 1. The predicted octanol–water partition coefficient (Wildman–Crippen LogP) is 5.52. The van der Waals surface area contributed by atoms with E-state index < -0.39 is 5.60 Å².